The molecular weight excluding hydrogens is 383 g/mol. The standard InChI is InChI=1S/C24H29O4P/c25-29(26-17-19-7-3-1-4-8-19,27-18-20-9-5-2-6-10-20)28-24-14-21-11-22(15-24)13-23(12-21)16-24/h1-10,21-23H,11-18H2. The highest BCUT2D eigenvalue weighted by Gasteiger charge is 2.55. The Kier molecular flexibility index (Phi) is 5.38. The number of hydrogen-bond donors (Lipinski definition) is 0. The zero-order chi connectivity index (χ0) is 19.7. The topological polar surface area (TPSA) is 44.8 Å². The molecule has 29 heavy (non-hydrogen) atoms. The maximum Gasteiger partial charge on any atom is 0.475 e. The molecule has 0 unspecified atom stereocenters. The fraction of sp³-hybridized carbons (Fsp3) is 0.500. The lowest BCUT2D eigenvalue weighted by molar-refractivity contribution is -0.123. The molecule has 154 valence electrons. The van der Waals surface area contributed by atoms with E-state index < -0.39 is 7.82 Å². The van der Waals surface area contributed by atoms with Gasteiger partial charge < -0.3 is 0 Å². The highest BCUT2D eigenvalue weighted by atomic mass is 31.2. The van der Waals surface area contributed by atoms with Crippen molar-refractivity contribution in [3.8, 4) is 0 Å². The number of benzene rings is 2. The summed E-state index contributed by atoms with van der Waals surface area (Å²) in [5.74, 6) is 2.12. The normalized spacial score (nSPS) is 30.6. The quantitative estimate of drug-likeness (QED) is 0.464. The fourth-order valence-corrected chi connectivity index (χ4v) is 7.42. The SMILES string of the molecule is O=P(OCc1ccccc1)(OCc1ccccc1)OC12CC3CC(CC(C3)C1)C2. The minimum absolute atomic E-state index is 0.222. The van der Waals surface area contributed by atoms with Gasteiger partial charge in [0.2, 0.25) is 0 Å². The van der Waals surface area contributed by atoms with Crippen LogP contribution in [0, 0.1) is 17.8 Å². The van der Waals surface area contributed by atoms with E-state index in [0.29, 0.717) is 17.8 Å². The number of phosphoric acid groups is 1. The van der Waals surface area contributed by atoms with Crippen molar-refractivity contribution < 1.29 is 18.1 Å². The van der Waals surface area contributed by atoms with Crippen LogP contribution in [0.25, 0.3) is 0 Å². The van der Waals surface area contributed by atoms with Gasteiger partial charge in [-0.2, -0.15) is 0 Å². The summed E-state index contributed by atoms with van der Waals surface area (Å²) in [6, 6.07) is 19.6. The van der Waals surface area contributed by atoms with Crippen molar-refractivity contribution in [3.63, 3.8) is 0 Å². The lowest BCUT2D eigenvalue weighted by Crippen LogP contribution is -2.51. The summed E-state index contributed by atoms with van der Waals surface area (Å²) in [4.78, 5) is 0. The van der Waals surface area contributed by atoms with Crippen molar-refractivity contribution in [2.45, 2.75) is 57.3 Å². The fourth-order valence-electron chi connectivity index (χ4n) is 5.93. The van der Waals surface area contributed by atoms with Gasteiger partial charge in [0.15, 0.2) is 0 Å². The van der Waals surface area contributed by atoms with E-state index in [2.05, 4.69) is 0 Å². The molecule has 0 radical (unpaired) electrons. The third kappa shape index (κ3) is 4.51. The molecule has 5 heteroatoms. The third-order valence-corrected chi connectivity index (χ3v) is 8.25. The molecule has 0 saturated heterocycles. The van der Waals surface area contributed by atoms with Crippen molar-refractivity contribution in [3.05, 3.63) is 71.8 Å². The summed E-state index contributed by atoms with van der Waals surface area (Å²) < 4.78 is 31.9. The van der Waals surface area contributed by atoms with Crippen LogP contribution >= 0.6 is 7.82 Å². The molecule has 0 N–H and O–H groups in total. The van der Waals surface area contributed by atoms with Crippen LogP contribution in [0.4, 0.5) is 0 Å². The minimum Gasteiger partial charge on any atom is -0.282 e. The van der Waals surface area contributed by atoms with Crippen molar-refractivity contribution in [2.24, 2.45) is 17.8 Å². The molecule has 6 rings (SSSR count). The van der Waals surface area contributed by atoms with Crippen LogP contribution < -0.4 is 0 Å². The largest absolute Gasteiger partial charge is 0.475 e. The van der Waals surface area contributed by atoms with Gasteiger partial charge in [-0.25, -0.2) is 4.57 Å². The van der Waals surface area contributed by atoms with Crippen molar-refractivity contribution in [1.29, 1.82) is 0 Å². The molecular formula is C24H29O4P. The lowest BCUT2D eigenvalue weighted by atomic mass is 9.54. The van der Waals surface area contributed by atoms with Gasteiger partial charge in [-0.05, 0) is 67.4 Å². The van der Waals surface area contributed by atoms with E-state index in [4.69, 9.17) is 13.6 Å². The molecule has 4 saturated carbocycles. The Bertz CT molecular complexity index is 784. The number of hydrogen-bond acceptors (Lipinski definition) is 4. The molecule has 4 nitrogen and oxygen atoms in total. The Labute approximate surface area is 173 Å². The Morgan fingerprint density at radius 2 is 1.14 bits per heavy atom. The lowest BCUT2D eigenvalue weighted by Gasteiger charge is -2.56. The van der Waals surface area contributed by atoms with Crippen molar-refractivity contribution in [2.75, 3.05) is 0 Å². The average Bonchev–Trinajstić information content (AvgIpc) is 2.71. The molecule has 0 heterocycles. The Morgan fingerprint density at radius 1 is 0.724 bits per heavy atom. The van der Waals surface area contributed by atoms with E-state index in [0.717, 1.165) is 30.4 Å². The van der Waals surface area contributed by atoms with Crippen LogP contribution in [0.3, 0.4) is 0 Å². The summed E-state index contributed by atoms with van der Waals surface area (Å²) in [6.45, 7) is 0.443. The molecule has 0 aromatic heterocycles. The third-order valence-electron chi connectivity index (χ3n) is 6.75. The summed E-state index contributed by atoms with van der Waals surface area (Å²) in [5.41, 5.74) is 1.59. The maximum atomic E-state index is 13.8. The zero-order valence-corrected chi connectivity index (χ0v) is 17.6. The smallest absolute Gasteiger partial charge is 0.282 e. The van der Waals surface area contributed by atoms with Crippen LogP contribution in [-0.2, 0) is 31.4 Å². The zero-order valence-electron chi connectivity index (χ0n) is 16.7. The molecule has 2 aromatic carbocycles. The number of rotatable bonds is 8. The summed E-state index contributed by atoms with van der Waals surface area (Å²) in [5, 5.41) is 0. The van der Waals surface area contributed by atoms with Crippen LogP contribution in [0.5, 0.6) is 0 Å². The van der Waals surface area contributed by atoms with Gasteiger partial charge in [-0.3, -0.25) is 13.6 Å². The van der Waals surface area contributed by atoms with Gasteiger partial charge in [0.05, 0.1) is 18.8 Å². The predicted molar refractivity (Wildman–Crippen MR) is 112 cm³/mol. The van der Waals surface area contributed by atoms with E-state index in [1.54, 1.807) is 0 Å². The van der Waals surface area contributed by atoms with Crippen LogP contribution in [0.2, 0.25) is 0 Å². The van der Waals surface area contributed by atoms with E-state index >= 15 is 0 Å². The second-order valence-corrected chi connectivity index (χ2v) is 10.8. The first-order valence-corrected chi connectivity index (χ1v) is 12.2. The Morgan fingerprint density at radius 3 is 1.55 bits per heavy atom. The van der Waals surface area contributed by atoms with Gasteiger partial charge in [0, 0.05) is 0 Å². The van der Waals surface area contributed by atoms with Crippen LogP contribution in [-0.4, -0.2) is 5.60 Å². The molecule has 4 aliphatic carbocycles. The van der Waals surface area contributed by atoms with E-state index in [9.17, 15) is 4.57 Å². The summed E-state index contributed by atoms with van der Waals surface area (Å²) >= 11 is 0. The van der Waals surface area contributed by atoms with Crippen molar-refractivity contribution in [1.82, 2.24) is 0 Å². The van der Waals surface area contributed by atoms with E-state index in [1.165, 1.54) is 19.3 Å². The average molecular weight is 412 g/mol. The van der Waals surface area contributed by atoms with E-state index in [-0.39, 0.29) is 18.8 Å². The molecule has 0 amide bonds. The van der Waals surface area contributed by atoms with Gasteiger partial charge in [-0.15, -0.1) is 0 Å². The van der Waals surface area contributed by atoms with Crippen molar-refractivity contribution >= 4 is 7.82 Å². The van der Waals surface area contributed by atoms with Gasteiger partial charge in [0.1, 0.15) is 0 Å². The highest BCUT2D eigenvalue weighted by molar-refractivity contribution is 7.48. The first-order chi connectivity index (χ1) is 14.1. The molecule has 0 atom stereocenters. The second-order valence-electron chi connectivity index (χ2n) is 9.16. The Balaban J connectivity index is 1.33. The molecule has 4 fully saturated rings. The maximum absolute atomic E-state index is 13.8. The number of phosphoric ester groups is 1. The highest BCUT2D eigenvalue weighted by Crippen LogP contribution is 2.64. The minimum atomic E-state index is -3.70. The van der Waals surface area contributed by atoms with Gasteiger partial charge in [0.25, 0.3) is 0 Å². The molecule has 0 aliphatic heterocycles. The molecule has 0 spiro atoms. The summed E-state index contributed by atoms with van der Waals surface area (Å²) in [7, 11) is -3.70. The van der Waals surface area contributed by atoms with Crippen LogP contribution in [0.15, 0.2) is 60.7 Å². The molecule has 4 aliphatic rings. The predicted octanol–water partition coefficient (Wildman–Crippen LogP) is 6.51. The van der Waals surface area contributed by atoms with Gasteiger partial charge in [-0.1, -0.05) is 60.7 Å². The summed E-state index contributed by atoms with van der Waals surface area (Å²) in [6.07, 6.45) is 6.90. The molecule has 2 aromatic rings. The van der Waals surface area contributed by atoms with Gasteiger partial charge >= 0.3 is 7.82 Å². The second kappa shape index (κ2) is 8.00. The molecule has 4 bridgehead atoms. The van der Waals surface area contributed by atoms with E-state index in [1.807, 2.05) is 60.7 Å². The monoisotopic (exact) mass is 412 g/mol. The first-order valence-electron chi connectivity index (χ1n) is 10.8. The Hall–Kier alpha value is -1.45. The van der Waals surface area contributed by atoms with Crippen LogP contribution in [0.1, 0.15) is 49.7 Å². The first kappa shape index (κ1) is 19.5.